The van der Waals surface area contributed by atoms with E-state index < -0.39 is 11.5 Å². The Kier molecular flexibility index (Phi) is 4.10. The average Bonchev–Trinajstić information content (AvgIpc) is 3.11. The van der Waals surface area contributed by atoms with E-state index in [1.807, 2.05) is 0 Å². The number of aliphatic hydroxyl groups is 1. The first-order valence-corrected chi connectivity index (χ1v) is 8.25. The molecule has 1 atom stereocenters. The highest BCUT2D eigenvalue weighted by Gasteiger charge is 2.50. The number of amides is 1. The molecule has 1 aromatic heterocycles. The first kappa shape index (κ1) is 15.9. The Bertz CT molecular complexity index is 787. The molecule has 0 saturated carbocycles. The van der Waals surface area contributed by atoms with Crippen molar-refractivity contribution in [3.8, 4) is 0 Å². The summed E-state index contributed by atoms with van der Waals surface area (Å²) >= 11 is 7.30. The van der Waals surface area contributed by atoms with Crippen LogP contribution in [0.15, 0.2) is 48.4 Å². The van der Waals surface area contributed by atoms with Gasteiger partial charge in [-0.2, -0.15) is 0 Å². The van der Waals surface area contributed by atoms with Crippen LogP contribution in [-0.4, -0.2) is 23.3 Å². The van der Waals surface area contributed by atoms with Gasteiger partial charge in [-0.3, -0.25) is 9.59 Å². The van der Waals surface area contributed by atoms with Crippen molar-refractivity contribution in [2.24, 2.45) is 0 Å². The van der Waals surface area contributed by atoms with E-state index in [-0.39, 0.29) is 18.7 Å². The van der Waals surface area contributed by atoms with Crippen LogP contribution in [-0.2, 0) is 10.4 Å². The Morgan fingerprint density at radius 3 is 2.87 bits per heavy atom. The molecule has 0 aliphatic carbocycles. The standard InChI is InChI=1S/C17H14ClNO3S/c1-2-7-19-13-6-5-11(18)9-12(13)17(22,16(19)21)10-14(20)15-4-3-8-23-15/h2-6,8-9,22H,1,7,10H2. The number of hydrogen-bond donors (Lipinski definition) is 1. The van der Waals surface area contributed by atoms with Crippen molar-refractivity contribution in [1.29, 1.82) is 0 Å². The predicted molar refractivity (Wildman–Crippen MR) is 91.2 cm³/mol. The van der Waals surface area contributed by atoms with Gasteiger partial charge in [-0.1, -0.05) is 23.7 Å². The summed E-state index contributed by atoms with van der Waals surface area (Å²) in [7, 11) is 0. The highest BCUT2D eigenvalue weighted by atomic mass is 35.5. The lowest BCUT2D eigenvalue weighted by molar-refractivity contribution is -0.135. The highest BCUT2D eigenvalue weighted by Crippen LogP contribution is 2.44. The third-order valence-electron chi connectivity index (χ3n) is 3.82. The number of nitrogens with zero attached hydrogens (tertiary/aromatic N) is 1. The molecule has 1 aliphatic heterocycles. The number of thiophene rings is 1. The molecule has 2 aromatic rings. The van der Waals surface area contributed by atoms with Crippen molar-refractivity contribution in [2.75, 3.05) is 11.4 Å². The maximum Gasteiger partial charge on any atom is 0.264 e. The smallest absolute Gasteiger partial charge is 0.264 e. The van der Waals surface area contributed by atoms with E-state index in [0.29, 0.717) is 21.2 Å². The van der Waals surface area contributed by atoms with Crippen LogP contribution in [0.4, 0.5) is 5.69 Å². The summed E-state index contributed by atoms with van der Waals surface area (Å²) in [4.78, 5) is 27.1. The van der Waals surface area contributed by atoms with Crippen molar-refractivity contribution in [3.63, 3.8) is 0 Å². The first-order valence-electron chi connectivity index (χ1n) is 6.99. The van der Waals surface area contributed by atoms with E-state index in [9.17, 15) is 14.7 Å². The van der Waals surface area contributed by atoms with Gasteiger partial charge in [0, 0.05) is 17.1 Å². The van der Waals surface area contributed by atoms with Gasteiger partial charge in [0.1, 0.15) is 0 Å². The zero-order chi connectivity index (χ0) is 16.6. The monoisotopic (exact) mass is 347 g/mol. The molecule has 1 aliphatic rings. The van der Waals surface area contributed by atoms with E-state index in [4.69, 9.17) is 11.6 Å². The van der Waals surface area contributed by atoms with Crippen LogP contribution in [0.2, 0.25) is 5.02 Å². The minimum absolute atomic E-state index is 0.253. The number of benzene rings is 1. The Morgan fingerprint density at radius 2 is 2.22 bits per heavy atom. The van der Waals surface area contributed by atoms with Crippen LogP contribution in [0.5, 0.6) is 0 Å². The van der Waals surface area contributed by atoms with E-state index in [1.54, 1.807) is 41.8 Å². The van der Waals surface area contributed by atoms with E-state index in [2.05, 4.69) is 6.58 Å². The lowest BCUT2D eigenvalue weighted by Gasteiger charge is -2.21. The highest BCUT2D eigenvalue weighted by molar-refractivity contribution is 7.12. The van der Waals surface area contributed by atoms with Gasteiger partial charge >= 0.3 is 0 Å². The van der Waals surface area contributed by atoms with Crippen molar-refractivity contribution < 1.29 is 14.7 Å². The molecule has 1 aromatic carbocycles. The van der Waals surface area contributed by atoms with Crippen molar-refractivity contribution in [2.45, 2.75) is 12.0 Å². The fraction of sp³-hybridized carbons (Fsp3) is 0.176. The molecular weight excluding hydrogens is 334 g/mol. The molecule has 118 valence electrons. The van der Waals surface area contributed by atoms with Gasteiger partial charge in [0.2, 0.25) is 0 Å². The van der Waals surface area contributed by atoms with Crippen molar-refractivity contribution >= 4 is 40.3 Å². The zero-order valence-electron chi connectivity index (χ0n) is 12.2. The maximum atomic E-state index is 12.7. The number of carbonyl (C=O) groups excluding carboxylic acids is 2. The van der Waals surface area contributed by atoms with E-state index >= 15 is 0 Å². The number of fused-ring (bicyclic) bond motifs is 1. The van der Waals surface area contributed by atoms with Crippen molar-refractivity contribution in [3.05, 3.63) is 63.8 Å². The zero-order valence-corrected chi connectivity index (χ0v) is 13.7. The van der Waals surface area contributed by atoms with Gasteiger partial charge in [-0.25, -0.2) is 0 Å². The molecule has 1 amide bonds. The predicted octanol–water partition coefficient (Wildman–Crippen LogP) is 3.39. The Hall–Kier alpha value is -1.95. The molecule has 0 saturated heterocycles. The molecule has 0 spiro atoms. The minimum Gasteiger partial charge on any atom is -0.375 e. The van der Waals surface area contributed by atoms with Gasteiger partial charge in [-0.15, -0.1) is 17.9 Å². The second-order valence-electron chi connectivity index (χ2n) is 5.30. The third-order valence-corrected chi connectivity index (χ3v) is 4.96. The van der Waals surface area contributed by atoms with Gasteiger partial charge in [0.25, 0.3) is 5.91 Å². The number of Topliss-reactive ketones (excluding diaryl/α,β-unsaturated/α-hetero) is 1. The lowest BCUT2D eigenvalue weighted by atomic mass is 9.89. The minimum atomic E-state index is -1.90. The quantitative estimate of drug-likeness (QED) is 0.666. The van der Waals surface area contributed by atoms with Crippen LogP contribution in [0.25, 0.3) is 0 Å². The van der Waals surface area contributed by atoms with Gasteiger partial charge in [0.05, 0.1) is 17.0 Å². The van der Waals surface area contributed by atoms with Crippen LogP contribution in [0.3, 0.4) is 0 Å². The molecule has 4 nitrogen and oxygen atoms in total. The molecule has 1 N–H and O–H groups in total. The summed E-state index contributed by atoms with van der Waals surface area (Å²) in [6, 6.07) is 8.30. The number of rotatable bonds is 5. The van der Waals surface area contributed by atoms with E-state index in [0.717, 1.165) is 0 Å². The number of ketones is 1. The molecule has 1 unspecified atom stereocenters. The number of halogens is 1. The Balaban J connectivity index is 2.04. The Labute approximate surface area is 142 Å². The van der Waals surface area contributed by atoms with Crippen LogP contribution >= 0.6 is 22.9 Å². The second kappa shape index (κ2) is 5.92. The largest absolute Gasteiger partial charge is 0.375 e. The number of hydrogen-bond acceptors (Lipinski definition) is 4. The Morgan fingerprint density at radius 1 is 1.43 bits per heavy atom. The summed E-state index contributed by atoms with van der Waals surface area (Å²) < 4.78 is 0. The van der Waals surface area contributed by atoms with Crippen LogP contribution < -0.4 is 4.90 Å². The first-order chi connectivity index (χ1) is 11.0. The van der Waals surface area contributed by atoms with Crippen molar-refractivity contribution in [1.82, 2.24) is 0 Å². The van der Waals surface area contributed by atoms with E-state index in [1.165, 1.54) is 16.2 Å². The molecule has 0 fully saturated rings. The molecule has 6 heteroatoms. The molecule has 2 heterocycles. The van der Waals surface area contributed by atoms with Gasteiger partial charge in [-0.05, 0) is 29.6 Å². The fourth-order valence-electron chi connectivity index (χ4n) is 2.76. The molecule has 0 radical (unpaired) electrons. The van der Waals surface area contributed by atoms with Gasteiger partial charge in [0.15, 0.2) is 11.4 Å². The number of carbonyl (C=O) groups is 2. The summed E-state index contributed by atoms with van der Waals surface area (Å²) in [6.45, 7) is 3.88. The third kappa shape index (κ3) is 2.61. The number of anilines is 1. The topological polar surface area (TPSA) is 57.6 Å². The summed E-state index contributed by atoms with van der Waals surface area (Å²) in [6.07, 6.45) is 1.26. The van der Waals surface area contributed by atoms with Crippen LogP contribution in [0.1, 0.15) is 21.7 Å². The normalized spacial score (nSPS) is 19.7. The molecular formula is C17H14ClNO3S. The maximum absolute atomic E-state index is 12.7. The molecule has 23 heavy (non-hydrogen) atoms. The SMILES string of the molecule is C=CCN1C(=O)C(O)(CC(=O)c2cccs2)c2cc(Cl)ccc21. The summed E-state index contributed by atoms with van der Waals surface area (Å²) in [5.41, 5.74) is -0.979. The van der Waals surface area contributed by atoms with Crippen LogP contribution in [0, 0.1) is 0 Å². The molecule has 0 bridgehead atoms. The lowest BCUT2D eigenvalue weighted by Crippen LogP contribution is -2.41. The van der Waals surface area contributed by atoms with Gasteiger partial charge < -0.3 is 10.0 Å². The average molecular weight is 348 g/mol. The molecule has 3 rings (SSSR count). The fourth-order valence-corrected chi connectivity index (χ4v) is 3.60. The summed E-state index contributed by atoms with van der Waals surface area (Å²) in [5.74, 6) is -0.804. The summed E-state index contributed by atoms with van der Waals surface area (Å²) in [5, 5.41) is 13.2. The second-order valence-corrected chi connectivity index (χ2v) is 6.69.